The maximum absolute atomic E-state index is 14.6. The average Bonchev–Trinajstić information content (AvgIpc) is 2.81. The molecule has 2 N–H and O–H groups in total. The van der Waals surface area contributed by atoms with Crippen LogP contribution < -0.4 is 4.72 Å². The second kappa shape index (κ2) is 10.3. The van der Waals surface area contributed by atoms with Gasteiger partial charge in [0.2, 0.25) is 10.0 Å². The van der Waals surface area contributed by atoms with E-state index in [1.165, 1.54) is 55.6 Å². The molecular weight excluding hydrogens is 547 g/mol. The van der Waals surface area contributed by atoms with Gasteiger partial charge in [-0.25, -0.2) is 17.6 Å². The number of hydrogen-bond acceptors (Lipinski definition) is 5. The van der Waals surface area contributed by atoms with Crippen molar-refractivity contribution >= 4 is 21.7 Å². The number of aliphatic hydroxyl groups is 1. The predicted octanol–water partition coefficient (Wildman–Crippen LogP) is 5.53. The van der Waals surface area contributed by atoms with Gasteiger partial charge in [0.25, 0.3) is 5.60 Å². The van der Waals surface area contributed by atoms with Gasteiger partial charge in [0, 0.05) is 16.8 Å². The minimum atomic E-state index is -6.17. The summed E-state index contributed by atoms with van der Waals surface area (Å²) in [4.78, 5) is 11.6. The van der Waals surface area contributed by atoms with Crippen LogP contribution in [0.5, 0.6) is 0 Å². The van der Waals surface area contributed by atoms with Gasteiger partial charge in [-0.1, -0.05) is 36.4 Å². The predicted molar refractivity (Wildman–Crippen MR) is 122 cm³/mol. The van der Waals surface area contributed by atoms with Crippen LogP contribution in [-0.2, 0) is 26.1 Å². The highest BCUT2D eigenvalue weighted by Crippen LogP contribution is 2.50. The van der Waals surface area contributed by atoms with Crippen LogP contribution in [0.1, 0.15) is 21.5 Å². The smallest absolute Gasteiger partial charge is 0.430 e. The van der Waals surface area contributed by atoms with E-state index < -0.39 is 56.6 Å². The van der Waals surface area contributed by atoms with Crippen LogP contribution in [0.3, 0.4) is 0 Å². The number of alkyl halides is 6. The summed E-state index contributed by atoms with van der Waals surface area (Å²) in [6.07, 6.45) is -12.3. The lowest BCUT2D eigenvalue weighted by molar-refractivity contribution is -0.376. The number of carbonyl (C=O) groups is 1. The molecule has 3 aromatic carbocycles. The van der Waals surface area contributed by atoms with Crippen LogP contribution in [0.25, 0.3) is 11.1 Å². The van der Waals surface area contributed by atoms with E-state index in [0.29, 0.717) is 12.1 Å². The third kappa shape index (κ3) is 5.91. The highest BCUT2D eigenvalue weighted by molar-refractivity contribution is 7.91. The molecule has 0 spiro atoms. The summed E-state index contributed by atoms with van der Waals surface area (Å²) in [6, 6.07) is 11.4. The normalized spacial score (nSPS) is 12.8. The molecule has 6 nitrogen and oxygen atoms in total. The fourth-order valence-electron chi connectivity index (χ4n) is 3.52. The summed E-state index contributed by atoms with van der Waals surface area (Å²) >= 11 is 0. The van der Waals surface area contributed by atoms with Crippen molar-refractivity contribution in [1.29, 1.82) is 0 Å². The molecule has 0 heterocycles. The number of anilines is 1. The van der Waals surface area contributed by atoms with Gasteiger partial charge in [0.15, 0.2) is 0 Å². The van der Waals surface area contributed by atoms with E-state index in [9.17, 15) is 49.1 Å². The molecule has 0 aliphatic rings. The second-order valence-corrected chi connectivity index (χ2v) is 9.75. The van der Waals surface area contributed by atoms with Gasteiger partial charge < -0.3 is 9.84 Å². The van der Waals surface area contributed by atoms with Crippen LogP contribution >= 0.6 is 0 Å². The van der Waals surface area contributed by atoms with Crippen LogP contribution in [0.2, 0.25) is 0 Å². The maximum Gasteiger partial charge on any atom is 0.430 e. The molecule has 0 atom stereocenters. The van der Waals surface area contributed by atoms with Gasteiger partial charge >= 0.3 is 18.3 Å². The molecular formula is C24H18F7NO5S. The molecule has 0 aromatic heterocycles. The van der Waals surface area contributed by atoms with Crippen molar-refractivity contribution in [3.8, 4) is 11.1 Å². The first-order valence-corrected chi connectivity index (χ1v) is 12.1. The Labute approximate surface area is 211 Å². The third-order valence-corrected chi connectivity index (χ3v) is 6.64. The Balaban J connectivity index is 1.82. The summed E-state index contributed by atoms with van der Waals surface area (Å²) in [5.41, 5.74) is -6.98. The van der Waals surface area contributed by atoms with Crippen molar-refractivity contribution in [1.82, 2.24) is 0 Å². The van der Waals surface area contributed by atoms with Gasteiger partial charge in [0.1, 0.15) is 5.82 Å². The Bertz CT molecular complexity index is 1420. The molecule has 0 aliphatic carbocycles. The Morgan fingerprint density at radius 2 is 1.53 bits per heavy atom. The number of nitrogens with one attached hydrogen (secondary N) is 1. The molecule has 14 heteroatoms. The molecule has 0 radical (unpaired) electrons. The van der Waals surface area contributed by atoms with E-state index in [1.807, 2.05) is 0 Å². The lowest BCUT2D eigenvalue weighted by atomic mass is 9.90. The average molecular weight is 565 g/mol. The summed E-state index contributed by atoms with van der Waals surface area (Å²) in [5.74, 6) is -2.65. The van der Waals surface area contributed by atoms with Crippen LogP contribution in [0, 0.1) is 5.82 Å². The highest BCUT2D eigenvalue weighted by Gasteiger charge is 2.71. The molecule has 0 unspecified atom stereocenters. The maximum atomic E-state index is 14.6. The number of benzene rings is 3. The van der Waals surface area contributed by atoms with Crippen molar-refractivity contribution in [2.45, 2.75) is 23.7 Å². The molecule has 0 aliphatic heterocycles. The van der Waals surface area contributed by atoms with Crippen LogP contribution in [0.4, 0.5) is 36.4 Å². The number of rotatable bonds is 7. The zero-order valence-electron chi connectivity index (χ0n) is 19.2. The van der Waals surface area contributed by atoms with Crippen LogP contribution in [-0.4, -0.2) is 39.0 Å². The van der Waals surface area contributed by atoms with E-state index >= 15 is 0 Å². The Morgan fingerprint density at radius 3 is 2.05 bits per heavy atom. The van der Waals surface area contributed by atoms with E-state index in [4.69, 9.17) is 0 Å². The number of carbonyl (C=O) groups excluding carboxylic acids is 1. The molecule has 0 saturated carbocycles. The highest BCUT2D eigenvalue weighted by atomic mass is 32.2. The monoisotopic (exact) mass is 565 g/mol. The lowest BCUT2D eigenvalue weighted by Gasteiger charge is -2.32. The first-order chi connectivity index (χ1) is 17.5. The van der Waals surface area contributed by atoms with Gasteiger partial charge in [0.05, 0.1) is 18.4 Å². The fourth-order valence-corrected chi connectivity index (χ4v) is 4.71. The number of halogens is 7. The summed E-state index contributed by atoms with van der Waals surface area (Å²) in [5, 5.41) is 9.44. The number of sulfonamides is 1. The topological polar surface area (TPSA) is 92.7 Å². The SMILES string of the molecule is COC(=O)c1cccc(CS(=O)(=O)Nc2ccc(-c3ccc(C(O)(C(F)(F)F)C(F)(F)F)cc3F)cc2)c1. The minimum absolute atomic E-state index is 0.00494. The second-order valence-electron chi connectivity index (χ2n) is 8.03. The lowest BCUT2D eigenvalue weighted by Crippen LogP contribution is -2.53. The molecule has 0 bridgehead atoms. The summed E-state index contributed by atoms with van der Waals surface area (Å²) < 4.78 is 125. The zero-order chi connectivity index (χ0) is 28.5. The minimum Gasteiger partial charge on any atom is -0.465 e. The van der Waals surface area contributed by atoms with Crippen molar-refractivity contribution in [2.75, 3.05) is 11.8 Å². The van der Waals surface area contributed by atoms with Gasteiger partial charge in [-0.3, -0.25) is 4.72 Å². The van der Waals surface area contributed by atoms with Gasteiger partial charge in [-0.05, 0) is 41.5 Å². The fraction of sp³-hybridized carbons (Fsp3) is 0.208. The molecule has 0 fully saturated rings. The van der Waals surface area contributed by atoms with E-state index in [0.717, 1.165) is 0 Å². The third-order valence-electron chi connectivity index (χ3n) is 5.38. The molecule has 3 aromatic rings. The number of hydrogen-bond donors (Lipinski definition) is 2. The first kappa shape index (κ1) is 28.9. The Morgan fingerprint density at radius 1 is 0.921 bits per heavy atom. The molecule has 38 heavy (non-hydrogen) atoms. The Kier molecular flexibility index (Phi) is 7.80. The molecule has 3 rings (SSSR count). The van der Waals surface area contributed by atoms with E-state index in [-0.39, 0.29) is 28.4 Å². The zero-order valence-corrected chi connectivity index (χ0v) is 20.0. The quantitative estimate of drug-likeness (QED) is 0.290. The Hall–Kier alpha value is -3.65. The van der Waals surface area contributed by atoms with Crippen molar-refractivity contribution < 1.29 is 53.8 Å². The van der Waals surface area contributed by atoms with Crippen molar-refractivity contribution in [3.63, 3.8) is 0 Å². The summed E-state index contributed by atoms with van der Waals surface area (Å²) in [7, 11) is -2.82. The van der Waals surface area contributed by atoms with Crippen molar-refractivity contribution in [2.24, 2.45) is 0 Å². The molecule has 0 saturated heterocycles. The van der Waals surface area contributed by atoms with E-state index in [1.54, 1.807) is 0 Å². The number of ether oxygens (including phenoxy) is 1. The molecule has 0 amide bonds. The van der Waals surface area contributed by atoms with Crippen LogP contribution in [0.15, 0.2) is 66.7 Å². The number of esters is 1. The van der Waals surface area contributed by atoms with E-state index in [2.05, 4.69) is 9.46 Å². The summed E-state index contributed by atoms with van der Waals surface area (Å²) in [6.45, 7) is 0. The van der Waals surface area contributed by atoms with Gasteiger partial charge in [-0.2, -0.15) is 26.3 Å². The van der Waals surface area contributed by atoms with Crippen molar-refractivity contribution in [3.05, 3.63) is 89.2 Å². The number of methoxy groups -OCH3 is 1. The van der Waals surface area contributed by atoms with Gasteiger partial charge in [-0.15, -0.1) is 0 Å². The first-order valence-electron chi connectivity index (χ1n) is 10.4. The largest absolute Gasteiger partial charge is 0.465 e. The molecule has 204 valence electrons. The standard InChI is InChI=1S/C24H18F7NO5S/c1-37-21(33)16-4-2-3-14(11-16)13-38(35,36)32-18-8-5-15(6-9-18)19-10-7-17(12-20(19)25)22(34,23(26,27)28)24(29,30)31/h2-12,32,34H,13H2,1H3.